The summed E-state index contributed by atoms with van der Waals surface area (Å²) in [5.41, 5.74) is 7.48. The van der Waals surface area contributed by atoms with E-state index in [1.165, 1.54) is 0 Å². The molecule has 0 aliphatic heterocycles. The van der Waals surface area contributed by atoms with E-state index in [1.54, 1.807) is 13.8 Å². The molecule has 31 heavy (non-hydrogen) atoms. The van der Waals surface area contributed by atoms with Crippen molar-refractivity contribution in [2.24, 2.45) is 11.7 Å². The molecular formula is C24H31N3O4. The third-order valence-electron chi connectivity index (χ3n) is 4.90. The van der Waals surface area contributed by atoms with Crippen LogP contribution >= 0.6 is 0 Å². The number of rotatable bonds is 11. The number of hydrogen-bond donors (Lipinski definition) is 3. The predicted molar refractivity (Wildman–Crippen MR) is 119 cm³/mol. The second-order valence-electron chi connectivity index (χ2n) is 7.77. The number of hydrogen-bond acceptors (Lipinski definition) is 4. The smallest absolute Gasteiger partial charge is 0.408 e. The first kappa shape index (κ1) is 23.9. The first-order valence-electron chi connectivity index (χ1n) is 10.5. The van der Waals surface area contributed by atoms with E-state index in [1.807, 2.05) is 60.7 Å². The van der Waals surface area contributed by atoms with Gasteiger partial charge in [0, 0.05) is 0 Å². The molecule has 7 heteroatoms. The highest BCUT2D eigenvalue weighted by Crippen LogP contribution is 2.09. The van der Waals surface area contributed by atoms with Crippen LogP contribution in [0.2, 0.25) is 0 Å². The van der Waals surface area contributed by atoms with Crippen LogP contribution in [0.3, 0.4) is 0 Å². The van der Waals surface area contributed by atoms with Gasteiger partial charge in [-0.3, -0.25) is 9.59 Å². The van der Waals surface area contributed by atoms with Crippen molar-refractivity contribution in [2.45, 2.75) is 51.8 Å². The van der Waals surface area contributed by atoms with Crippen LogP contribution in [0.25, 0.3) is 0 Å². The molecule has 0 saturated carbocycles. The van der Waals surface area contributed by atoms with Crippen molar-refractivity contribution in [3.8, 4) is 0 Å². The molecule has 0 spiro atoms. The van der Waals surface area contributed by atoms with Gasteiger partial charge >= 0.3 is 6.09 Å². The third-order valence-corrected chi connectivity index (χ3v) is 4.90. The fourth-order valence-corrected chi connectivity index (χ4v) is 3.13. The fraction of sp³-hybridized carbons (Fsp3) is 0.375. The first-order valence-corrected chi connectivity index (χ1v) is 10.5. The van der Waals surface area contributed by atoms with Crippen LogP contribution < -0.4 is 16.4 Å². The number of benzene rings is 2. The normalized spacial score (nSPS) is 12.6. The molecule has 7 nitrogen and oxygen atoms in total. The topological polar surface area (TPSA) is 111 Å². The SMILES string of the molecule is CC(C)[C@H](NC(=O)OCc1ccccc1)C(=O)N[C@H](CCCc1ccccc1)C(N)=O. The van der Waals surface area contributed by atoms with E-state index in [0.29, 0.717) is 12.8 Å². The van der Waals surface area contributed by atoms with Gasteiger partial charge in [0.25, 0.3) is 0 Å². The fourth-order valence-electron chi connectivity index (χ4n) is 3.13. The molecule has 0 aliphatic carbocycles. The lowest BCUT2D eigenvalue weighted by Crippen LogP contribution is -2.54. The number of carbonyl (C=O) groups excluding carboxylic acids is 3. The van der Waals surface area contributed by atoms with E-state index in [0.717, 1.165) is 17.5 Å². The van der Waals surface area contributed by atoms with Crippen molar-refractivity contribution in [3.05, 3.63) is 71.8 Å². The van der Waals surface area contributed by atoms with Gasteiger partial charge in [0.2, 0.25) is 11.8 Å². The standard InChI is InChI=1S/C24H31N3O4/c1-17(2)21(27-24(30)31-16-19-12-7-4-8-13-19)23(29)26-20(22(25)28)15-9-14-18-10-5-3-6-11-18/h3-8,10-13,17,20-21H,9,14-16H2,1-2H3,(H2,25,28)(H,26,29)(H,27,30)/t20-,21+/m1/s1. The zero-order chi connectivity index (χ0) is 22.6. The maximum Gasteiger partial charge on any atom is 0.408 e. The number of ether oxygens (including phenoxy) is 1. The quantitative estimate of drug-likeness (QED) is 0.514. The summed E-state index contributed by atoms with van der Waals surface area (Å²) in [6, 6.07) is 17.5. The average molecular weight is 426 g/mol. The Morgan fingerprint density at radius 3 is 2.03 bits per heavy atom. The number of amides is 3. The Labute approximate surface area is 183 Å². The molecule has 0 heterocycles. The molecule has 2 atom stereocenters. The maximum absolute atomic E-state index is 12.8. The lowest BCUT2D eigenvalue weighted by Gasteiger charge is -2.24. The van der Waals surface area contributed by atoms with Crippen LogP contribution in [0.5, 0.6) is 0 Å². The Bertz CT molecular complexity index is 840. The van der Waals surface area contributed by atoms with Crippen molar-refractivity contribution in [2.75, 3.05) is 0 Å². The molecule has 0 fully saturated rings. The minimum absolute atomic E-state index is 0.0997. The van der Waals surface area contributed by atoms with Crippen molar-refractivity contribution >= 4 is 17.9 Å². The van der Waals surface area contributed by atoms with Crippen molar-refractivity contribution in [3.63, 3.8) is 0 Å². The van der Waals surface area contributed by atoms with Crippen molar-refractivity contribution < 1.29 is 19.1 Å². The minimum atomic E-state index is -0.848. The van der Waals surface area contributed by atoms with Gasteiger partial charge in [0.1, 0.15) is 18.7 Å². The van der Waals surface area contributed by atoms with Crippen LogP contribution in [-0.4, -0.2) is 30.0 Å². The second kappa shape index (κ2) is 12.4. The molecule has 0 aromatic heterocycles. The van der Waals surface area contributed by atoms with Gasteiger partial charge < -0.3 is 21.1 Å². The molecule has 0 bridgehead atoms. The van der Waals surface area contributed by atoms with Gasteiger partial charge in [0.05, 0.1) is 0 Å². The molecule has 2 rings (SSSR count). The summed E-state index contributed by atoms with van der Waals surface area (Å²) in [6.07, 6.45) is 1.19. The van der Waals surface area contributed by atoms with E-state index in [9.17, 15) is 14.4 Å². The number of nitrogens with one attached hydrogen (secondary N) is 2. The molecule has 0 radical (unpaired) electrons. The largest absolute Gasteiger partial charge is 0.445 e. The summed E-state index contributed by atoms with van der Waals surface area (Å²) in [7, 11) is 0. The number of nitrogens with two attached hydrogens (primary N) is 1. The lowest BCUT2D eigenvalue weighted by molar-refractivity contribution is -0.129. The van der Waals surface area contributed by atoms with Crippen LogP contribution in [0, 0.1) is 5.92 Å². The third kappa shape index (κ3) is 8.50. The van der Waals surface area contributed by atoms with Gasteiger partial charge in [-0.15, -0.1) is 0 Å². The van der Waals surface area contributed by atoms with E-state index >= 15 is 0 Å². The Morgan fingerprint density at radius 2 is 1.48 bits per heavy atom. The average Bonchev–Trinajstić information content (AvgIpc) is 2.76. The van der Waals surface area contributed by atoms with Crippen LogP contribution in [0.15, 0.2) is 60.7 Å². The number of carbonyl (C=O) groups is 3. The molecule has 2 aromatic rings. The second-order valence-corrected chi connectivity index (χ2v) is 7.77. The monoisotopic (exact) mass is 425 g/mol. The molecule has 166 valence electrons. The Morgan fingerprint density at radius 1 is 0.903 bits per heavy atom. The van der Waals surface area contributed by atoms with Gasteiger partial charge in [-0.05, 0) is 36.3 Å². The molecule has 3 amide bonds. The van der Waals surface area contributed by atoms with Crippen molar-refractivity contribution in [1.82, 2.24) is 10.6 Å². The van der Waals surface area contributed by atoms with Crippen LogP contribution in [0.4, 0.5) is 4.79 Å². The zero-order valence-corrected chi connectivity index (χ0v) is 18.0. The summed E-state index contributed by atoms with van der Waals surface area (Å²) in [5, 5.41) is 5.27. The highest BCUT2D eigenvalue weighted by atomic mass is 16.5. The maximum atomic E-state index is 12.8. The summed E-state index contributed by atoms with van der Waals surface area (Å²) < 4.78 is 5.20. The number of primary amides is 1. The van der Waals surface area contributed by atoms with Crippen LogP contribution in [0.1, 0.15) is 37.8 Å². The predicted octanol–water partition coefficient (Wildman–Crippen LogP) is 2.93. The Kier molecular flexibility index (Phi) is 9.55. The van der Waals surface area contributed by atoms with Gasteiger partial charge in [0.15, 0.2) is 0 Å². The summed E-state index contributed by atoms with van der Waals surface area (Å²) in [4.78, 5) is 36.8. The lowest BCUT2D eigenvalue weighted by atomic mass is 10.0. The molecule has 0 saturated heterocycles. The van der Waals surface area contributed by atoms with E-state index in [-0.39, 0.29) is 12.5 Å². The number of aryl methyl sites for hydroxylation is 1. The number of alkyl carbamates (subject to hydrolysis) is 1. The summed E-state index contributed by atoms with van der Waals surface area (Å²) in [6.45, 7) is 3.70. The Balaban J connectivity index is 1.87. The Hall–Kier alpha value is -3.35. The van der Waals surface area contributed by atoms with Gasteiger partial charge in [-0.1, -0.05) is 74.5 Å². The minimum Gasteiger partial charge on any atom is -0.445 e. The highest BCUT2D eigenvalue weighted by Gasteiger charge is 2.28. The van der Waals surface area contributed by atoms with Crippen molar-refractivity contribution in [1.29, 1.82) is 0 Å². The van der Waals surface area contributed by atoms with E-state index in [2.05, 4.69) is 10.6 Å². The molecule has 2 aromatic carbocycles. The molecule has 0 aliphatic rings. The van der Waals surface area contributed by atoms with Gasteiger partial charge in [-0.2, -0.15) is 0 Å². The molecule has 4 N–H and O–H groups in total. The summed E-state index contributed by atoms with van der Waals surface area (Å²) in [5.74, 6) is -1.27. The molecule has 0 unspecified atom stereocenters. The van der Waals surface area contributed by atoms with Gasteiger partial charge in [-0.25, -0.2) is 4.79 Å². The highest BCUT2D eigenvalue weighted by molar-refractivity contribution is 5.90. The molecular weight excluding hydrogens is 394 g/mol. The van der Waals surface area contributed by atoms with Crippen LogP contribution in [-0.2, 0) is 27.4 Å². The van der Waals surface area contributed by atoms with E-state index < -0.39 is 30.0 Å². The van der Waals surface area contributed by atoms with E-state index in [4.69, 9.17) is 10.5 Å². The summed E-state index contributed by atoms with van der Waals surface area (Å²) >= 11 is 0. The zero-order valence-electron chi connectivity index (χ0n) is 18.0. The first-order chi connectivity index (χ1) is 14.9.